The van der Waals surface area contributed by atoms with Gasteiger partial charge in [0.05, 0.1) is 48.4 Å². The Morgan fingerprint density at radius 3 is 2.63 bits per heavy atom. The molecular formula is C20H21ClN4O4S. The lowest BCUT2D eigenvalue weighted by molar-refractivity contribution is 0.102. The first-order valence-electron chi connectivity index (χ1n) is 9.33. The van der Waals surface area contributed by atoms with Crippen LogP contribution in [0.4, 0.5) is 11.5 Å². The van der Waals surface area contributed by atoms with Crippen LogP contribution in [0.5, 0.6) is 11.5 Å². The predicted octanol–water partition coefficient (Wildman–Crippen LogP) is 3.76. The molecule has 0 aliphatic carbocycles. The maximum atomic E-state index is 13.1. The Bertz CT molecular complexity index is 1100. The van der Waals surface area contributed by atoms with E-state index in [0.717, 1.165) is 34.7 Å². The van der Waals surface area contributed by atoms with Crippen molar-refractivity contribution in [1.29, 1.82) is 0 Å². The zero-order chi connectivity index (χ0) is 21.3. The molecule has 3 heterocycles. The number of nitrogens with zero attached hydrogens (tertiary/aromatic N) is 3. The fourth-order valence-electron chi connectivity index (χ4n) is 3.42. The lowest BCUT2D eigenvalue weighted by Gasteiger charge is -2.28. The summed E-state index contributed by atoms with van der Waals surface area (Å²) >= 11 is 7.56. The van der Waals surface area contributed by atoms with Gasteiger partial charge in [0.15, 0.2) is 0 Å². The number of amides is 1. The zero-order valence-electron chi connectivity index (χ0n) is 16.8. The highest BCUT2D eigenvalue weighted by Crippen LogP contribution is 2.38. The van der Waals surface area contributed by atoms with Crippen molar-refractivity contribution in [1.82, 2.24) is 9.97 Å². The molecule has 0 spiro atoms. The van der Waals surface area contributed by atoms with Crippen LogP contribution in [-0.4, -0.2) is 56.4 Å². The van der Waals surface area contributed by atoms with Crippen LogP contribution in [0, 0.1) is 6.92 Å². The first kappa shape index (κ1) is 20.6. The molecule has 0 saturated carbocycles. The molecule has 0 bridgehead atoms. The molecule has 0 radical (unpaired) electrons. The second-order valence-electron chi connectivity index (χ2n) is 6.67. The van der Waals surface area contributed by atoms with Gasteiger partial charge >= 0.3 is 0 Å². The molecule has 1 fully saturated rings. The highest BCUT2D eigenvalue weighted by atomic mass is 35.5. The molecule has 4 rings (SSSR count). The number of methoxy groups -OCH3 is 2. The van der Waals surface area contributed by atoms with Crippen LogP contribution >= 0.6 is 22.9 Å². The van der Waals surface area contributed by atoms with Gasteiger partial charge < -0.3 is 24.4 Å². The van der Waals surface area contributed by atoms with Crippen LogP contribution < -0.4 is 19.7 Å². The summed E-state index contributed by atoms with van der Waals surface area (Å²) in [7, 11) is 3.04. The smallest absolute Gasteiger partial charge is 0.266 e. The van der Waals surface area contributed by atoms with E-state index >= 15 is 0 Å². The fourth-order valence-corrected chi connectivity index (χ4v) is 4.70. The number of halogens is 1. The quantitative estimate of drug-likeness (QED) is 0.636. The second-order valence-corrected chi connectivity index (χ2v) is 8.08. The van der Waals surface area contributed by atoms with Gasteiger partial charge in [-0.1, -0.05) is 11.6 Å². The lowest BCUT2D eigenvalue weighted by atomic mass is 10.1. The van der Waals surface area contributed by atoms with Gasteiger partial charge in [-0.05, 0) is 18.6 Å². The van der Waals surface area contributed by atoms with E-state index in [2.05, 4.69) is 20.2 Å². The summed E-state index contributed by atoms with van der Waals surface area (Å²) in [5.41, 5.74) is 1.30. The third-order valence-corrected chi connectivity index (χ3v) is 6.44. The Kier molecular flexibility index (Phi) is 5.94. The van der Waals surface area contributed by atoms with Gasteiger partial charge in [0, 0.05) is 19.2 Å². The van der Waals surface area contributed by atoms with Gasteiger partial charge in [-0.25, -0.2) is 9.97 Å². The van der Waals surface area contributed by atoms with Crippen molar-refractivity contribution in [2.75, 3.05) is 50.7 Å². The largest absolute Gasteiger partial charge is 0.495 e. The van der Waals surface area contributed by atoms with E-state index in [1.165, 1.54) is 31.9 Å². The first-order chi connectivity index (χ1) is 14.5. The number of fused-ring (bicyclic) bond motifs is 1. The highest BCUT2D eigenvalue weighted by Gasteiger charge is 2.24. The van der Waals surface area contributed by atoms with Crippen LogP contribution in [0.1, 0.15) is 15.2 Å². The van der Waals surface area contributed by atoms with Crippen molar-refractivity contribution in [3.8, 4) is 11.5 Å². The Hall–Kier alpha value is -2.62. The fraction of sp³-hybridized carbons (Fsp3) is 0.350. The number of rotatable bonds is 5. The van der Waals surface area contributed by atoms with Crippen molar-refractivity contribution in [2.45, 2.75) is 6.92 Å². The Balaban J connectivity index is 1.69. The number of hydrogen-bond acceptors (Lipinski definition) is 8. The number of aryl methyl sites for hydroxylation is 1. The lowest BCUT2D eigenvalue weighted by Crippen LogP contribution is -2.36. The van der Waals surface area contributed by atoms with Crippen molar-refractivity contribution < 1.29 is 19.0 Å². The average Bonchev–Trinajstić information content (AvgIpc) is 3.11. The van der Waals surface area contributed by atoms with Gasteiger partial charge in [-0.15, -0.1) is 11.3 Å². The van der Waals surface area contributed by atoms with Gasteiger partial charge in [-0.2, -0.15) is 0 Å². The van der Waals surface area contributed by atoms with Crippen LogP contribution in [0.25, 0.3) is 10.2 Å². The van der Waals surface area contributed by atoms with Gasteiger partial charge in [0.1, 0.15) is 28.5 Å². The van der Waals surface area contributed by atoms with E-state index in [-0.39, 0.29) is 5.91 Å². The third-order valence-electron chi connectivity index (χ3n) is 4.95. The molecule has 1 N–H and O–H groups in total. The number of carbonyl (C=O) groups is 1. The van der Waals surface area contributed by atoms with Crippen molar-refractivity contribution in [3.05, 3.63) is 33.9 Å². The molecular weight excluding hydrogens is 428 g/mol. The molecule has 2 aromatic heterocycles. The molecule has 1 saturated heterocycles. The molecule has 1 amide bonds. The van der Waals surface area contributed by atoms with E-state index in [9.17, 15) is 4.79 Å². The van der Waals surface area contributed by atoms with Crippen LogP contribution in [0.3, 0.4) is 0 Å². The average molecular weight is 449 g/mol. The molecule has 0 unspecified atom stereocenters. The van der Waals surface area contributed by atoms with Crippen LogP contribution in [-0.2, 0) is 4.74 Å². The summed E-state index contributed by atoms with van der Waals surface area (Å²) in [6, 6.07) is 3.25. The van der Waals surface area contributed by atoms with Gasteiger partial charge in [-0.3, -0.25) is 4.79 Å². The second kappa shape index (κ2) is 8.63. The minimum absolute atomic E-state index is 0.261. The SMILES string of the molecule is COc1cc(OC)c(NC(=O)c2sc3ncnc(N4CCOCC4)c3c2C)cc1Cl. The van der Waals surface area contributed by atoms with Crippen molar-refractivity contribution in [2.24, 2.45) is 0 Å². The number of nitrogens with one attached hydrogen (secondary N) is 1. The van der Waals surface area contributed by atoms with E-state index in [1.54, 1.807) is 12.1 Å². The Labute approximate surface area is 182 Å². The maximum absolute atomic E-state index is 13.1. The summed E-state index contributed by atoms with van der Waals surface area (Å²) in [5, 5.41) is 4.17. The zero-order valence-corrected chi connectivity index (χ0v) is 18.4. The monoisotopic (exact) mass is 448 g/mol. The molecule has 1 aromatic carbocycles. The first-order valence-corrected chi connectivity index (χ1v) is 10.5. The summed E-state index contributed by atoms with van der Waals surface area (Å²) in [6.07, 6.45) is 1.54. The van der Waals surface area contributed by atoms with Gasteiger partial charge in [0.2, 0.25) is 0 Å². The number of anilines is 2. The number of hydrogen-bond donors (Lipinski definition) is 1. The maximum Gasteiger partial charge on any atom is 0.266 e. The molecule has 3 aromatic rings. The third kappa shape index (κ3) is 3.76. The van der Waals surface area contributed by atoms with E-state index in [1.807, 2.05) is 6.92 Å². The number of carbonyl (C=O) groups excluding carboxylic acids is 1. The number of benzene rings is 1. The molecule has 10 heteroatoms. The summed E-state index contributed by atoms with van der Waals surface area (Å²) in [4.78, 5) is 25.5. The Morgan fingerprint density at radius 1 is 1.20 bits per heavy atom. The number of ether oxygens (including phenoxy) is 3. The normalized spacial score (nSPS) is 14.1. The molecule has 0 atom stereocenters. The minimum atomic E-state index is -0.261. The predicted molar refractivity (Wildman–Crippen MR) is 118 cm³/mol. The molecule has 158 valence electrons. The molecule has 1 aliphatic heterocycles. The van der Waals surface area contributed by atoms with Gasteiger partial charge in [0.25, 0.3) is 5.91 Å². The van der Waals surface area contributed by atoms with Crippen LogP contribution in [0.2, 0.25) is 5.02 Å². The Morgan fingerprint density at radius 2 is 1.93 bits per heavy atom. The van der Waals surface area contributed by atoms with E-state index in [0.29, 0.717) is 40.3 Å². The van der Waals surface area contributed by atoms with Crippen LogP contribution in [0.15, 0.2) is 18.5 Å². The summed E-state index contributed by atoms with van der Waals surface area (Å²) in [5.74, 6) is 1.50. The number of morpholine rings is 1. The molecule has 8 nitrogen and oxygen atoms in total. The highest BCUT2D eigenvalue weighted by molar-refractivity contribution is 7.20. The van der Waals surface area contributed by atoms with E-state index in [4.69, 9.17) is 25.8 Å². The minimum Gasteiger partial charge on any atom is -0.495 e. The van der Waals surface area contributed by atoms with Crippen molar-refractivity contribution >= 4 is 50.6 Å². The topological polar surface area (TPSA) is 85.8 Å². The number of thiophene rings is 1. The summed E-state index contributed by atoms with van der Waals surface area (Å²) in [6.45, 7) is 4.73. The van der Waals surface area contributed by atoms with E-state index < -0.39 is 0 Å². The standard InChI is InChI=1S/C20H21ClN4O4S/c1-11-16-18(25-4-6-29-7-5-25)22-10-23-20(16)30-17(11)19(26)24-13-8-12(21)14(27-2)9-15(13)28-3/h8-10H,4-7H2,1-3H3,(H,24,26). The van der Waals surface area contributed by atoms with Crippen molar-refractivity contribution in [3.63, 3.8) is 0 Å². The molecule has 1 aliphatic rings. The number of aromatic nitrogens is 2. The molecule has 30 heavy (non-hydrogen) atoms. The summed E-state index contributed by atoms with van der Waals surface area (Å²) < 4.78 is 16.0.